The fourth-order valence-electron chi connectivity index (χ4n) is 7.02. The van der Waals surface area contributed by atoms with Crippen LogP contribution in [0.3, 0.4) is 0 Å². The summed E-state index contributed by atoms with van der Waals surface area (Å²) in [5, 5.41) is 2.76. The van der Waals surface area contributed by atoms with Crippen LogP contribution in [0.5, 0.6) is 0 Å². The topological polar surface area (TPSA) is 120 Å². The summed E-state index contributed by atoms with van der Waals surface area (Å²) >= 11 is 0. The van der Waals surface area contributed by atoms with E-state index in [-0.39, 0.29) is 44.0 Å². The Labute approximate surface area is 380 Å². The quantitative estimate of drug-likeness (QED) is 0.0276. The molecule has 0 aliphatic carbocycles. The number of nitrogens with one attached hydrogen (secondary N) is 1. The molecule has 0 aliphatic heterocycles. The average molecular weight is 877 g/mol. The minimum atomic E-state index is -0.840. The molecule has 0 rings (SSSR count). The van der Waals surface area contributed by atoms with E-state index in [9.17, 15) is 19.2 Å². The highest BCUT2D eigenvalue weighted by Gasteiger charge is 2.20. The van der Waals surface area contributed by atoms with Crippen LogP contribution < -0.4 is 5.32 Å². The first-order valence-electron chi connectivity index (χ1n) is 25.4. The molecule has 0 aliphatic rings. The number of esters is 3. The first-order valence-corrected chi connectivity index (χ1v) is 25.4. The average Bonchev–Trinajstić information content (AvgIpc) is 3.22. The van der Waals surface area contributed by atoms with E-state index in [2.05, 4.69) is 48.4 Å². The molecule has 0 saturated carbocycles. The monoisotopic (exact) mass is 877 g/mol. The summed E-state index contributed by atoms with van der Waals surface area (Å²) in [6.45, 7) is 11.7. The van der Waals surface area contributed by atoms with E-state index in [1.165, 1.54) is 96.3 Å². The zero-order chi connectivity index (χ0) is 45.8. The van der Waals surface area contributed by atoms with Gasteiger partial charge < -0.3 is 29.2 Å². The van der Waals surface area contributed by atoms with Crippen molar-refractivity contribution in [2.75, 3.05) is 39.9 Å². The first-order chi connectivity index (χ1) is 30.0. The summed E-state index contributed by atoms with van der Waals surface area (Å²) in [6.07, 6.45) is 41.0. The van der Waals surface area contributed by atoms with Crippen molar-refractivity contribution in [2.45, 2.75) is 245 Å². The summed E-state index contributed by atoms with van der Waals surface area (Å²) in [5.74, 6) is -1.07. The molecule has 62 heavy (non-hydrogen) atoms. The van der Waals surface area contributed by atoms with Crippen LogP contribution in [0.2, 0.25) is 0 Å². The van der Waals surface area contributed by atoms with Crippen molar-refractivity contribution < 1.29 is 38.1 Å². The molecule has 0 heterocycles. The number of ether oxygens (including phenoxy) is 4. The third-order valence-electron chi connectivity index (χ3n) is 10.7. The fraction of sp³-hybridized carbons (Fsp3) is 0.846. The van der Waals surface area contributed by atoms with Gasteiger partial charge in [-0.25, -0.2) is 4.79 Å². The number of allylic oxidation sites excluding steroid dienone is 4. The first kappa shape index (κ1) is 59.1. The highest BCUT2D eigenvalue weighted by atomic mass is 16.6. The molecule has 10 nitrogen and oxygen atoms in total. The van der Waals surface area contributed by atoms with E-state index in [0.29, 0.717) is 25.9 Å². The SMILES string of the molecule is CCCCCCCC/C=C\CCCCCCCC(=O)OC[C@H](COC(=O)CCCN(C)CCCNC(=O)OC(C)(C)C)OC(=O)CCCCCCC/C=C\CCCCCCCC. The number of nitrogens with zero attached hydrogens (tertiary/aromatic N) is 1. The molecule has 1 amide bonds. The zero-order valence-corrected chi connectivity index (χ0v) is 41.1. The van der Waals surface area contributed by atoms with E-state index in [0.717, 1.165) is 83.6 Å². The summed E-state index contributed by atoms with van der Waals surface area (Å²) < 4.78 is 22.0. The number of alkyl carbamates (subject to hydrolysis) is 1. The standard InChI is InChI=1S/C52H96N2O8/c1-7-9-11-13-15-17-19-21-23-25-27-29-31-33-35-39-48(55)59-45-47(46-60-49(56)41-37-43-54(6)44-38-42-53-51(58)62-52(3,4)5)61-50(57)40-36-34-32-30-28-26-24-22-20-18-16-14-12-10-8-2/h21-24,47H,7-20,25-46H2,1-6H3,(H,53,58)/b23-21-,24-22-/t47-/m1/s1. The Balaban J connectivity index is 4.52. The summed E-state index contributed by atoms with van der Waals surface area (Å²) in [5.41, 5.74) is -0.533. The number of carbonyl (C=O) groups excluding carboxylic acids is 4. The van der Waals surface area contributed by atoms with E-state index < -0.39 is 17.8 Å². The van der Waals surface area contributed by atoms with Crippen molar-refractivity contribution >= 4 is 24.0 Å². The Morgan fingerprint density at radius 3 is 1.31 bits per heavy atom. The van der Waals surface area contributed by atoms with Crippen LogP contribution in [0.4, 0.5) is 4.79 Å². The zero-order valence-electron chi connectivity index (χ0n) is 41.1. The predicted molar refractivity (Wildman–Crippen MR) is 256 cm³/mol. The lowest BCUT2D eigenvalue weighted by Crippen LogP contribution is -2.34. The van der Waals surface area contributed by atoms with Gasteiger partial charge in [0.1, 0.15) is 18.8 Å². The Morgan fingerprint density at radius 2 is 0.871 bits per heavy atom. The minimum absolute atomic E-state index is 0.130. The molecule has 0 aromatic rings. The van der Waals surface area contributed by atoms with Gasteiger partial charge in [-0.2, -0.15) is 0 Å². The van der Waals surface area contributed by atoms with E-state index in [1.54, 1.807) is 0 Å². The minimum Gasteiger partial charge on any atom is -0.462 e. The summed E-state index contributed by atoms with van der Waals surface area (Å²) in [6, 6.07) is 0. The lowest BCUT2D eigenvalue weighted by atomic mass is 10.1. The third kappa shape index (κ3) is 45.2. The Kier molecular flexibility index (Phi) is 41.4. The predicted octanol–water partition coefficient (Wildman–Crippen LogP) is 13.7. The van der Waals surface area contributed by atoms with Crippen molar-refractivity contribution in [2.24, 2.45) is 0 Å². The van der Waals surface area contributed by atoms with E-state index in [4.69, 9.17) is 18.9 Å². The van der Waals surface area contributed by atoms with Crippen LogP contribution in [-0.4, -0.2) is 80.5 Å². The molecule has 0 saturated heterocycles. The number of hydrogen-bond donors (Lipinski definition) is 1. The second kappa shape index (κ2) is 43.4. The van der Waals surface area contributed by atoms with Crippen molar-refractivity contribution in [1.29, 1.82) is 0 Å². The van der Waals surface area contributed by atoms with Crippen LogP contribution in [-0.2, 0) is 33.3 Å². The van der Waals surface area contributed by atoms with Gasteiger partial charge >= 0.3 is 24.0 Å². The molecular formula is C52H96N2O8. The van der Waals surface area contributed by atoms with Gasteiger partial charge in [-0.1, -0.05) is 141 Å². The second-order valence-electron chi connectivity index (χ2n) is 18.3. The van der Waals surface area contributed by atoms with Crippen LogP contribution in [0, 0.1) is 0 Å². The molecule has 0 unspecified atom stereocenters. The molecule has 0 bridgehead atoms. The number of rotatable bonds is 43. The maximum Gasteiger partial charge on any atom is 0.407 e. The molecule has 1 N–H and O–H groups in total. The molecule has 0 spiro atoms. The fourth-order valence-corrected chi connectivity index (χ4v) is 7.02. The van der Waals surface area contributed by atoms with Crippen molar-refractivity contribution in [3.05, 3.63) is 24.3 Å². The second-order valence-corrected chi connectivity index (χ2v) is 18.3. The maximum absolute atomic E-state index is 12.8. The van der Waals surface area contributed by atoms with Gasteiger partial charge in [-0.3, -0.25) is 14.4 Å². The highest BCUT2D eigenvalue weighted by molar-refractivity contribution is 5.71. The van der Waals surface area contributed by atoms with Crippen LogP contribution in [0.15, 0.2) is 24.3 Å². The largest absolute Gasteiger partial charge is 0.462 e. The van der Waals surface area contributed by atoms with Gasteiger partial charge in [0.2, 0.25) is 0 Å². The Bertz CT molecular complexity index is 1130. The van der Waals surface area contributed by atoms with Gasteiger partial charge in [0, 0.05) is 25.8 Å². The van der Waals surface area contributed by atoms with Gasteiger partial charge in [0.15, 0.2) is 6.10 Å². The van der Waals surface area contributed by atoms with Gasteiger partial charge in [0.25, 0.3) is 0 Å². The highest BCUT2D eigenvalue weighted by Crippen LogP contribution is 2.14. The molecule has 10 heteroatoms. The Hall–Kier alpha value is -2.88. The number of amides is 1. The van der Waals surface area contributed by atoms with Gasteiger partial charge in [0.05, 0.1) is 0 Å². The normalized spacial score (nSPS) is 12.3. The number of carbonyl (C=O) groups is 4. The van der Waals surface area contributed by atoms with Crippen LogP contribution in [0.25, 0.3) is 0 Å². The van der Waals surface area contributed by atoms with Gasteiger partial charge in [-0.15, -0.1) is 0 Å². The lowest BCUT2D eigenvalue weighted by molar-refractivity contribution is -0.167. The van der Waals surface area contributed by atoms with Crippen LogP contribution >= 0.6 is 0 Å². The third-order valence-corrected chi connectivity index (χ3v) is 10.7. The molecule has 0 radical (unpaired) electrons. The smallest absolute Gasteiger partial charge is 0.407 e. The number of unbranched alkanes of at least 4 members (excludes halogenated alkanes) is 22. The van der Waals surface area contributed by atoms with Crippen molar-refractivity contribution in [3.8, 4) is 0 Å². The molecule has 1 atom stereocenters. The van der Waals surface area contributed by atoms with Crippen LogP contribution in [0.1, 0.15) is 234 Å². The van der Waals surface area contributed by atoms with E-state index >= 15 is 0 Å². The summed E-state index contributed by atoms with van der Waals surface area (Å²) in [7, 11) is 1.97. The molecule has 362 valence electrons. The molecule has 0 fully saturated rings. The molecule has 0 aromatic heterocycles. The maximum atomic E-state index is 12.8. The lowest BCUT2D eigenvalue weighted by Gasteiger charge is -2.20. The van der Waals surface area contributed by atoms with E-state index in [1.807, 2.05) is 27.8 Å². The number of hydrogen-bond acceptors (Lipinski definition) is 9. The summed E-state index contributed by atoms with van der Waals surface area (Å²) in [4.78, 5) is 52.0. The van der Waals surface area contributed by atoms with Gasteiger partial charge in [-0.05, 0) is 118 Å². The van der Waals surface area contributed by atoms with Crippen molar-refractivity contribution in [3.63, 3.8) is 0 Å². The van der Waals surface area contributed by atoms with Crippen molar-refractivity contribution in [1.82, 2.24) is 10.2 Å². The molecular weight excluding hydrogens is 781 g/mol. The molecule has 0 aromatic carbocycles. The Morgan fingerprint density at radius 1 is 0.500 bits per heavy atom.